The van der Waals surface area contributed by atoms with Gasteiger partial charge in [-0.2, -0.15) is 24.4 Å². The lowest BCUT2D eigenvalue weighted by Gasteiger charge is -2.30. The van der Waals surface area contributed by atoms with E-state index in [-0.39, 0.29) is 0 Å². The van der Waals surface area contributed by atoms with Gasteiger partial charge in [0.2, 0.25) is 0 Å². The second kappa shape index (κ2) is 6.30. The molecule has 8 atom stereocenters. The SMILES string of the molecule is CCCC1CC2CC(SCCC3CC4CC3CC4S)C1C2. The van der Waals surface area contributed by atoms with E-state index < -0.39 is 0 Å². The summed E-state index contributed by atoms with van der Waals surface area (Å²) in [5.41, 5.74) is 0. The average Bonchev–Trinajstić information content (AvgIpc) is 3.18. The molecule has 0 aromatic heterocycles. The zero-order valence-electron chi connectivity index (χ0n) is 13.5. The van der Waals surface area contributed by atoms with Crippen molar-refractivity contribution in [1.29, 1.82) is 0 Å². The van der Waals surface area contributed by atoms with Crippen LogP contribution in [-0.2, 0) is 0 Å². The lowest BCUT2D eigenvalue weighted by atomic mass is 9.85. The number of hydrogen-bond acceptors (Lipinski definition) is 2. The Kier molecular flexibility index (Phi) is 4.57. The smallest absolute Gasteiger partial charge is 0.00807 e. The molecule has 0 N–H and O–H groups in total. The van der Waals surface area contributed by atoms with Crippen LogP contribution in [0.1, 0.15) is 64.7 Å². The molecule has 0 nitrogen and oxygen atoms in total. The largest absolute Gasteiger partial charge is 0.176 e. The number of rotatable bonds is 6. The van der Waals surface area contributed by atoms with Crippen molar-refractivity contribution >= 4 is 24.4 Å². The Morgan fingerprint density at radius 3 is 2.48 bits per heavy atom. The van der Waals surface area contributed by atoms with Crippen LogP contribution in [0.4, 0.5) is 0 Å². The van der Waals surface area contributed by atoms with E-state index in [1.807, 2.05) is 0 Å². The van der Waals surface area contributed by atoms with Crippen LogP contribution in [0.15, 0.2) is 0 Å². The van der Waals surface area contributed by atoms with Crippen molar-refractivity contribution in [3.05, 3.63) is 0 Å². The average molecular weight is 325 g/mol. The van der Waals surface area contributed by atoms with Crippen LogP contribution in [0, 0.1) is 35.5 Å². The molecule has 0 aliphatic heterocycles. The van der Waals surface area contributed by atoms with Crippen molar-refractivity contribution in [2.75, 3.05) is 5.75 Å². The van der Waals surface area contributed by atoms with E-state index in [0.717, 1.165) is 46.0 Å². The maximum absolute atomic E-state index is 4.75. The molecule has 0 heterocycles. The molecule has 8 unspecified atom stereocenters. The van der Waals surface area contributed by atoms with Crippen LogP contribution in [-0.4, -0.2) is 16.3 Å². The van der Waals surface area contributed by atoms with Gasteiger partial charge in [0.25, 0.3) is 0 Å². The van der Waals surface area contributed by atoms with Gasteiger partial charge in [0.15, 0.2) is 0 Å². The molecule has 21 heavy (non-hydrogen) atoms. The minimum absolute atomic E-state index is 0.749. The van der Waals surface area contributed by atoms with Crippen molar-refractivity contribution < 1.29 is 0 Å². The number of fused-ring (bicyclic) bond motifs is 4. The Bertz CT molecular complexity index is 367. The Morgan fingerprint density at radius 2 is 1.81 bits per heavy atom. The quantitative estimate of drug-likeness (QED) is 0.614. The van der Waals surface area contributed by atoms with Gasteiger partial charge >= 0.3 is 0 Å². The molecule has 0 aromatic carbocycles. The summed E-state index contributed by atoms with van der Waals surface area (Å²) in [5.74, 6) is 7.85. The second-order valence-electron chi connectivity index (χ2n) is 8.54. The van der Waals surface area contributed by atoms with Crippen molar-refractivity contribution in [2.45, 2.75) is 75.2 Å². The summed E-state index contributed by atoms with van der Waals surface area (Å²) in [6, 6.07) is 0. The van der Waals surface area contributed by atoms with Crippen LogP contribution in [0.2, 0.25) is 0 Å². The monoisotopic (exact) mass is 324 g/mol. The molecule has 4 bridgehead atoms. The van der Waals surface area contributed by atoms with Gasteiger partial charge in [0.1, 0.15) is 0 Å². The van der Waals surface area contributed by atoms with E-state index in [1.54, 1.807) is 19.3 Å². The molecule has 4 rings (SSSR count). The first-order valence-electron chi connectivity index (χ1n) is 9.54. The van der Waals surface area contributed by atoms with Crippen LogP contribution >= 0.6 is 24.4 Å². The van der Waals surface area contributed by atoms with E-state index in [0.29, 0.717) is 0 Å². The van der Waals surface area contributed by atoms with Gasteiger partial charge in [-0.1, -0.05) is 19.8 Å². The third-order valence-electron chi connectivity index (χ3n) is 7.34. The van der Waals surface area contributed by atoms with E-state index in [4.69, 9.17) is 12.6 Å². The third-order valence-corrected chi connectivity index (χ3v) is 9.41. The predicted octanol–water partition coefficient (Wildman–Crippen LogP) is 5.67. The molecule has 120 valence electrons. The molecule has 4 aliphatic rings. The lowest BCUT2D eigenvalue weighted by Crippen LogP contribution is -2.23. The summed E-state index contributed by atoms with van der Waals surface area (Å²) in [7, 11) is 0. The summed E-state index contributed by atoms with van der Waals surface area (Å²) < 4.78 is 0. The molecule has 0 amide bonds. The first-order chi connectivity index (χ1) is 10.2. The van der Waals surface area contributed by atoms with E-state index in [9.17, 15) is 0 Å². The number of hydrogen-bond donors (Lipinski definition) is 1. The summed E-state index contributed by atoms with van der Waals surface area (Å²) in [6.45, 7) is 2.37. The topological polar surface area (TPSA) is 0 Å². The molecule has 2 heteroatoms. The summed E-state index contributed by atoms with van der Waals surface area (Å²) >= 11 is 7.13. The molecule has 0 radical (unpaired) electrons. The molecule has 0 aromatic rings. The summed E-state index contributed by atoms with van der Waals surface area (Å²) in [4.78, 5) is 0. The van der Waals surface area contributed by atoms with Gasteiger partial charge < -0.3 is 0 Å². The van der Waals surface area contributed by atoms with Gasteiger partial charge in [-0.25, -0.2) is 0 Å². The molecule has 4 aliphatic carbocycles. The maximum Gasteiger partial charge on any atom is 0.00807 e. The summed E-state index contributed by atoms with van der Waals surface area (Å²) in [6.07, 6.45) is 13.6. The van der Waals surface area contributed by atoms with Crippen molar-refractivity contribution in [1.82, 2.24) is 0 Å². The minimum Gasteiger partial charge on any atom is -0.176 e. The highest BCUT2D eigenvalue weighted by atomic mass is 32.2. The number of thioether (sulfide) groups is 1. The van der Waals surface area contributed by atoms with Crippen LogP contribution in [0.25, 0.3) is 0 Å². The Hall–Kier alpha value is 0.700. The number of thiol groups is 1. The van der Waals surface area contributed by atoms with E-state index in [1.165, 1.54) is 44.3 Å². The molecule has 0 saturated heterocycles. The second-order valence-corrected chi connectivity index (χ2v) is 10.5. The van der Waals surface area contributed by atoms with Gasteiger partial charge in [0.05, 0.1) is 0 Å². The fourth-order valence-electron chi connectivity index (χ4n) is 6.41. The van der Waals surface area contributed by atoms with Crippen LogP contribution in [0.3, 0.4) is 0 Å². The van der Waals surface area contributed by atoms with Crippen LogP contribution < -0.4 is 0 Å². The van der Waals surface area contributed by atoms with Crippen molar-refractivity contribution in [3.63, 3.8) is 0 Å². The highest BCUT2D eigenvalue weighted by Gasteiger charge is 2.46. The first kappa shape index (κ1) is 15.2. The standard InChI is InChI=1S/C19H32S2/c1-2-3-14-6-12-7-17(14)19(8-12)21-5-4-13-9-16-10-15(13)11-18(16)20/h12-20H,2-11H2,1H3. The minimum atomic E-state index is 0.749. The molecule has 4 fully saturated rings. The van der Waals surface area contributed by atoms with E-state index >= 15 is 0 Å². The predicted molar refractivity (Wildman–Crippen MR) is 97.2 cm³/mol. The lowest BCUT2D eigenvalue weighted by molar-refractivity contribution is 0.318. The zero-order chi connectivity index (χ0) is 14.4. The van der Waals surface area contributed by atoms with Crippen molar-refractivity contribution in [2.24, 2.45) is 35.5 Å². The first-order valence-corrected chi connectivity index (χ1v) is 11.1. The van der Waals surface area contributed by atoms with Crippen LogP contribution in [0.5, 0.6) is 0 Å². The van der Waals surface area contributed by atoms with Gasteiger partial charge in [-0.05, 0) is 86.2 Å². The highest BCUT2D eigenvalue weighted by Crippen LogP contribution is 2.55. The van der Waals surface area contributed by atoms with E-state index in [2.05, 4.69) is 18.7 Å². The van der Waals surface area contributed by atoms with Gasteiger partial charge in [0, 0.05) is 10.5 Å². The molecular weight excluding hydrogens is 292 g/mol. The fourth-order valence-corrected chi connectivity index (χ4v) is 8.66. The van der Waals surface area contributed by atoms with Crippen molar-refractivity contribution in [3.8, 4) is 0 Å². The summed E-state index contributed by atoms with van der Waals surface area (Å²) in [5, 5.41) is 1.79. The molecule has 4 saturated carbocycles. The maximum atomic E-state index is 4.75. The normalized spacial score (nSPS) is 51.1. The zero-order valence-corrected chi connectivity index (χ0v) is 15.3. The Morgan fingerprint density at radius 1 is 0.905 bits per heavy atom. The van der Waals surface area contributed by atoms with Gasteiger partial charge in [-0.15, -0.1) is 0 Å². The highest BCUT2D eigenvalue weighted by molar-refractivity contribution is 7.99. The molecule has 0 spiro atoms. The Balaban J connectivity index is 1.22. The molecular formula is C19H32S2. The Labute approximate surface area is 141 Å². The fraction of sp³-hybridized carbons (Fsp3) is 1.00. The third kappa shape index (κ3) is 2.93. The van der Waals surface area contributed by atoms with Gasteiger partial charge in [-0.3, -0.25) is 0 Å².